The van der Waals surface area contributed by atoms with E-state index in [1.165, 1.54) is 4.88 Å². The second-order valence-electron chi connectivity index (χ2n) is 7.74. The molecule has 0 radical (unpaired) electrons. The summed E-state index contributed by atoms with van der Waals surface area (Å²) >= 11 is 1.84. The van der Waals surface area contributed by atoms with Gasteiger partial charge in [-0.2, -0.15) is 0 Å². The molecule has 4 nitrogen and oxygen atoms in total. The first-order valence-corrected chi connectivity index (χ1v) is 9.94. The van der Waals surface area contributed by atoms with E-state index in [1.807, 2.05) is 32.3 Å². The van der Waals surface area contributed by atoms with Crippen molar-refractivity contribution in [3.8, 4) is 0 Å². The minimum Gasteiger partial charge on any atom is -0.384 e. The summed E-state index contributed by atoms with van der Waals surface area (Å²) in [5, 5.41) is 2.16. The largest absolute Gasteiger partial charge is 0.384 e. The van der Waals surface area contributed by atoms with Crippen LogP contribution in [-0.4, -0.2) is 55.6 Å². The van der Waals surface area contributed by atoms with Crippen LogP contribution in [0.3, 0.4) is 0 Å². The van der Waals surface area contributed by atoms with Gasteiger partial charge in [-0.05, 0) is 29.7 Å². The van der Waals surface area contributed by atoms with Gasteiger partial charge in [-0.3, -0.25) is 9.69 Å². The fourth-order valence-corrected chi connectivity index (χ4v) is 5.17. The SMILES string of the molecule is COCC1CN(Cc2cccs2)CC12CCN(C(=O)C(C)C)CC2. The fourth-order valence-electron chi connectivity index (χ4n) is 4.42. The lowest BCUT2D eigenvalue weighted by molar-refractivity contribution is -0.137. The molecule has 1 amide bonds. The first-order valence-electron chi connectivity index (χ1n) is 9.06. The lowest BCUT2D eigenvalue weighted by Gasteiger charge is -2.43. The standard InChI is InChI=1S/C19H30N2O2S/c1-15(2)18(22)21-8-6-19(7-9-21)14-20(11-16(19)13-23-3)12-17-5-4-10-24-17/h4-5,10,15-16H,6-9,11-14H2,1-3H3. The zero-order valence-electron chi connectivity index (χ0n) is 15.2. The normalized spacial score (nSPS) is 24.2. The Kier molecular flexibility index (Phi) is 5.63. The maximum Gasteiger partial charge on any atom is 0.225 e. The summed E-state index contributed by atoms with van der Waals surface area (Å²) in [5.74, 6) is 0.994. The van der Waals surface area contributed by atoms with E-state index in [4.69, 9.17) is 4.74 Å². The maximum absolute atomic E-state index is 12.3. The molecule has 3 heterocycles. The predicted octanol–water partition coefficient (Wildman–Crippen LogP) is 3.09. The van der Waals surface area contributed by atoms with Crippen molar-refractivity contribution in [2.45, 2.75) is 33.2 Å². The number of nitrogens with zero attached hydrogens (tertiary/aromatic N) is 2. The van der Waals surface area contributed by atoms with Crippen molar-refractivity contribution in [2.75, 3.05) is 39.9 Å². The minimum atomic E-state index is 0.104. The van der Waals surface area contributed by atoms with Crippen LogP contribution in [0.5, 0.6) is 0 Å². The van der Waals surface area contributed by atoms with Crippen LogP contribution in [0.1, 0.15) is 31.6 Å². The van der Waals surface area contributed by atoms with E-state index in [0.717, 1.165) is 52.2 Å². The van der Waals surface area contributed by atoms with Gasteiger partial charge in [0.15, 0.2) is 0 Å². The lowest BCUT2D eigenvalue weighted by atomic mass is 9.71. The molecule has 0 aliphatic carbocycles. The summed E-state index contributed by atoms with van der Waals surface area (Å²) in [6.07, 6.45) is 2.22. The molecule has 0 bridgehead atoms. The molecule has 3 rings (SSSR count). The van der Waals surface area contributed by atoms with E-state index >= 15 is 0 Å². The molecule has 0 N–H and O–H groups in total. The highest BCUT2D eigenvalue weighted by molar-refractivity contribution is 7.09. The number of amides is 1. The Morgan fingerprint density at radius 1 is 1.42 bits per heavy atom. The third kappa shape index (κ3) is 3.68. The second-order valence-corrected chi connectivity index (χ2v) is 8.78. The number of hydrogen-bond acceptors (Lipinski definition) is 4. The number of carbonyl (C=O) groups excluding carboxylic acids is 1. The molecule has 1 aromatic rings. The third-order valence-electron chi connectivity index (χ3n) is 5.78. The summed E-state index contributed by atoms with van der Waals surface area (Å²) in [6, 6.07) is 4.36. The van der Waals surface area contributed by atoms with Gasteiger partial charge >= 0.3 is 0 Å². The van der Waals surface area contributed by atoms with Crippen molar-refractivity contribution in [1.82, 2.24) is 9.80 Å². The number of thiophene rings is 1. The molecule has 1 atom stereocenters. The molecule has 2 fully saturated rings. The number of carbonyl (C=O) groups is 1. The Morgan fingerprint density at radius 2 is 2.17 bits per heavy atom. The van der Waals surface area contributed by atoms with Gasteiger partial charge in [0.1, 0.15) is 0 Å². The number of likely N-dealkylation sites (tertiary alicyclic amines) is 2. The van der Waals surface area contributed by atoms with Crippen molar-refractivity contribution in [1.29, 1.82) is 0 Å². The Bertz CT molecular complexity index is 536. The van der Waals surface area contributed by atoms with Crippen LogP contribution in [-0.2, 0) is 16.1 Å². The maximum atomic E-state index is 12.3. The van der Waals surface area contributed by atoms with Crippen LogP contribution in [0.15, 0.2) is 17.5 Å². The summed E-state index contributed by atoms with van der Waals surface area (Å²) in [6.45, 7) is 9.95. The van der Waals surface area contributed by atoms with Gasteiger partial charge in [0.05, 0.1) is 6.61 Å². The van der Waals surface area contributed by atoms with Gasteiger partial charge in [0.2, 0.25) is 5.91 Å². The number of piperidine rings is 1. The van der Waals surface area contributed by atoms with E-state index in [1.54, 1.807) is 0 Å². The average Bonchev–Trinajstić information content (AvgIpc) is 3.17. The summed E-state index contributed by atoms with van der Waals surface area (Å²) in [7, 11) is 1.81. The molecule has 2 aliphatic rings. The summed E-state index contributed by atoms with van der Waals surface area (Å²) in [5.41, 5.74) is 0.320. The highest BCUT2D eigenvalue weighted by Crippen LogP contribution is 2.45. The first-order chi connectivity index (χ1) is 11.5. The minimum absolute atomic E-state index is 0.104. The third-order valence-corrected chi connectivity index (χ3v) is 6.64. The van der Waals surface area contributed by atoms with Gasteiger partial charge < -0.3 is 9.64 Å². The molecule has 0 aromatic carbocycles. The predicted molar refractivity (Wildman–Crippen MR) is 98.0 cm³/mol. The Morgan fingerprint density at radius 3 is 2.75 bits per heavy atom. The highest BCUT2D eigenvalue weighted by Gasteiger charge is 2.48. The van der Waals surface area contributed by atoms with E-state index in [9.17, 15) is 4.79 Å². The van der Waals surface area contributed by atoms with E-state index in [0.29, 0.717) is 17.2 Å². The Hall–Kier alpha value is -0.910. The molecule has 134 valence electrons. The van der Waals surface area contributed by atoms with Crippen LogP contribution in [0.25, 0.3) is 0 Å². The van der Waals surface area contributed by atoms with Gasteiger partial charge in [-0.25, -0.2) is 0 Å². The topological polar surface area (TPSA) is 32.8 Å². The highest BCUT2D eigenvalue weighted by atomic mass is 32.1. The first kappa shape index (κ1) is 17.9. The molecule has 24 heavy (non-hydrogen) atoms. The molecular formula is C19H30N2O2S. The van der Waals surface area contributed by atoms with E-state index in [2.05, 4.69) is 27.3 Å². The van der Waals surface area contributed by atoms with Crippen LogP contribution in [0.4, 0.5) is 0 Å². The Labute approximate surface area is 149 Å². The molecular weight excluding hydrogens is 320 g/mol. The van der Waals surface area contributed by atoms with Gasteiger partial charge in [0.25, 0.3) is 0 Å². The number of rotatable bonds is 5. The smallest absolute Gasteiger partial charge is 0.225 e. The van der Waals surface area contributed by atoms with Crippen LogP contribution >= 0.6 is 11.3 Å². The van der Waals surface area contributed by atoms with Crippen LogP contribution < -0.4 is 0 Å². The fraction of sp³-hybridized carbons (Fsp3) is 0.737. The number of methoxy groups -OCH3 is 1. The molecule has 0 saturated carbocycles. The second kappa shape index (κ2) is 7.54. The van der Waals surface area contributed by atoms with Gasteiger partial charge in [0, 0.05) is 56.5 Å². The van der Waals surface area contributed by atoms with Crippen molar-refractivity contribution in [3.05, 3.63) is 22.4 Å². The summed E-state index contributed by atoms with van der Waals surface area (Å²) < 4.78 is 5.54. The van der Waals surface area contributed by atoms with Crippen molar-refractivity contribution < 1.29 is 9.53 Å². The molecule has 1 unspecified atom stereocenters. The summed E-state index contributed by atoms with van der Waals surface area (Å²) in [4.78, 5) is 18.4. The van der Waals surface area contributed by atoms with Crippen LogP contribution in [0, 0.1) is 17.3 Å². The van der Waals surface area contributed by atoms with Crippen molar-refractivity contribution in [2.24, 2.45) is 17.3 Å². The number of hydrogen-bond donors (Lipinski definition) is 0. The van der Waals surface area contributed by atoms with Crippen molar-refractivity contribution >= 4 is 17.2 Å². The van der Waals surface area contributed by atoms with E-state index in [-0.39, 0.29) is 5.92 Å². The lowest BCUT2D eigenvalue weighted by Crippen LogP contribution is -2.48. The van der Waals surface area contributed by atoms with Crippen LogP contribution in [0.2, 0.25) is 0 Å². The van der Waals surface area contributed by atoms with Gasteiger partial charge in [-0.1, -0.05) is 19.9 Å². The molecule has 5 heteroatoms. The number of ether oxygens (including phenoxy) is 1. The Balaban J connectivity index is 1.65. The molecule has 2 aliphatic heterocycles. The van der Waals surface area contributed by atoms with Gasteiger partial charge in [-0.15, -0.1) is 11.3 Å². The molecule has 1 spiro atoms. The van der Waals surface area contributed by atoms with E-state index < -0.39 is 0 Å². The van der Waals surface area contributed by atoms with Crippen molar-refractivity contribution in [3.63, 3.8) is 0 Å². The zero-order chi connectivity index (χ0) is 17.2. The molecule has 1 aromatic heterocycles. The average molecular weight is 351 g/mol. The quantitative estimate of drug-likeness (QED) is 0.818. The monoisotopic (exact) mass is 350 g/mol. The molecule has 2 saturated heterocycles. The zero-order valence-corrected chi connectivity index (χ0v) is 16.0.